The third-order valence-corrected chi connectivity index (χ3v) is 4.42. The van der Waals surface area contributed by atoms with Gasteiger partial charge in [0.15, 0.2) is 0 Å². The Morgan fingerprint density at radius 1 is 1.00 bits per heavy atom. The second-order valence-electron chi connectivity index (χ2n) is 6.56. The summed E-state index contributed by atoms with van der Waals surface area (Å²) in [4.78, 5) is 14.6. The topological polar surface area (TPSA) is 41.6 Å². The predicted molar refractivity (Wildman–Crippen MR) is 99.0 cm³/mol. The van der Waals surface area contributed by atoms with Gasteiger partial charge in [-0.1, -0.05) is 60.7 Å². The van der Waals surface area contributed by atoms with Gasteiger partial charge in [0.2, 0.25) is 5.91 Å². The molecule has 1 aliphatic rings. The Kier molecular flexibility index (Phi) is 6.60. The molecule has 1 fully saturated rings. The number of nitrogens with zero attached hydrogens (tertiary/aromatic N) is 1. The lowest BCUT2D eigenvalue weighted by atomic mass is 10.1. The molecule has 132 valence electrons. The van der Waals surface area contributed by atoms with Crippen LogP contribution in [0.3, 0.4) is 0 Å². The summed E-state index contributed by atoms with van der Waals surface area (Å²) in [6.07, 6.45) is 2.31. The number of nitrogens with one attached hydrogen (secondary N) is 1. The first-order chi connectivity index (χ1) is 12.3. The van der Waals surface area contributed by atoms with E-state index in [1.165, 1.54) is 11.1 Å². The third kappa shape index (κ3) is 6.00. The Morgan fingerprint density at radius 2 is 1.60 bits per heavy atom. The molecular weight excluding hydrogens is 312 g/mol. The van der Waals surface area contributed by atoms with Crippen LogP contribution in [0.2, 0.25) is 0 Å². The summed E-state index contributed by atoms with van der Waals surface area (Å²) in [7, 11) is 0. The molecule has 3 rings (SSSR count). The highest BCUT2D eigenvalue weighted by atomic mass is 16.5. The van der Waals surface area contributed by atoms with E-state index in [0.29, 0.717) is 13.1 Å². The van der Waals surface area contributed by atoms with Crippen molar-refractivity contribution < 1.29 is 9.53 Å². The molecule has 25 heavy (non-hydrogen) atoms. The maximum Gasteiger partial charge on any atom is 0.234 e. The van der Waals surface area contributed by atoms with Crippen LogP contribution in [0.4, 0.5) is 0 Å². The van der Waals surface area contributed by atoms with Gasteiger partial charge in [-0.05, 0) is 24.0 Å². The first kappa shape index (κ1) is 17.6. The predicted octanol–water partition coefficient (Wildman–Crippen LogP) is 2.98. The number of hydrogen-bond donors (Lipinski definition) is 1. The van der Waals surface area contributed by atoms with Crippen LogP contribution >= 0.6 is 0 Å². The molecule has 2 aromatic rings. The molecule has 1 heterocycles. The van der Waals surface area contributed by atoms with Crippen LogP contribution in [0.5, 0.6) is 0 Å². The molecule has 1 amide bonds. The van der Waals surface area contributed by atoms with E-state index in [1.807, 2.05) is 36.4 Å². The quantitative estimate of drug-likeness (QED) is 0.804. The van der Waals surface area contributed by atoms with Gasteiger partial charge in [-0.3, -0.25) is 9.69 Å². The van der Waals surface area contributed by atoms with Crippen molar-refractivity contribution in [2.75, 3.05) is 19.7 Å². The second kappa shape index (κ2) is 9.35. The van der Waals surface area contributed by atoms with Crippen LogP contribution < -0.4 is 5.32 Å². The van der Waals surface area contributed by atoms with Gasteiger partial charge in [-0.2, -0.15) is 0 Å². The molecule has 1 saturated heterocycles. The van der Waals surface area contributed by atoms with Crippen LogP contribution in [-0.2, 0) is 22.6 Å². The minimum Gasteiger partial charge on any atom is -0.376 e. The molecule has 1 unspecified atom stereocenters. The SMILES string of the molecule is O=C(CN(Cc1ccccc1)Cc1ccccc1)NCC1CCCO1. The minimum atomic E-state index is 0.0577. The number of rotatable bonds is 8. The van der Waals surface area contributed by atoms with Gasteiger partial charge in [-0.15, -0.1) is 0 Å². The maximum absolute atomic E-state index is 12.4. The molecule has 1 aliphatic heterocycles. The highest BCUT2D eigenvalue weighted by Gasteiger charge is 2.17. The van der Waals surface area contributed by atoms with Crippen molar-refractivity contribution in [2.45, 2.75) is 32.0 Å². The summed E-state index contributed by atoms with van der Waals surface area (Å²) >= 11 is 0. The van der Waals surface area contributed by atoms with E-state index in [2.05, 4.69) is 34.5 Å². The number of carbonyl (C=O) groups is 1. The Balaban J connectivity index is 1.57. The number of carbonyl (C=O) groups excluding carboxylic acids is 1. The van der Waals surface area contributed by atoms with Crippen molar-refractivity contribution in [1.82, 2.24) is 10.2 Å². The zero-order chi connectivity index (χ0) is 17.3. The van der Waals surface area contributed by atoms with E-state index in [-0.39, 0.29) is 12.0 Å². The van der Waals surface area contributed by atoms with Gasteiger partial charge in [-0.25, -0.2) is 0 Å². The standard InChI is InChI=1S/C21H26N2O2/c24-21(22-14-20-12-7-13-25-20)17-23(15-18-8-3-1-4-9-18)16-19-10-5-2-6-11-19/h1-6,8-11,20H,7,12-17H2,(H,22,24). The monoisotopic (exact) mass is 338 g/mol. The molecule has 2 aromatic carbocycles. The van der Waals surface area contributed by atoms with Crippen molar-refractivity contribution in [1.29, 1.82) is 0 Å². The Labute approximate surface area is 149 Å². The number of hydrogen-bond acceptors (Lipinski definition) is 3. The summed E-state index contributed by atoms with van der Waals surface area (Å²) in [6.45, 7) is 3.32. The van der Waals surface area contributed by atoms with Gasteiger partial charge in [0.05, 0.1) is 12.6 Å². The van der Waals surface area contributed by atoms with Crippen LogP contribution in [0.1, 0.15) is 24.0 Å². The average Bonchev–Trinajstić information content (AvgIpc) is 3.15. The summed E-state index contributed by atoms with van der Waals surface area (Å²) in [6, 6.07) is 20.6. The Morgan fingerprint density at radius 3 is 2.12 bits per heavy atom. The fourth-order valence-electron chi connectivity index (χ4n) is 3.14. The molecule has 4 nitrogen and oxygen atoms in total. The maximum atomic E-state index is 12.4. The summed E-state index contributed by atoms with van der Waals surface area (Å²) in [5, 5.41) is 3.02. The molecule has 0 radical (unpaired) electrons. The highest BCUT2D eigenvalue weighted by Crippen LogP contribution is 2.11. The molecule has 4 heteroatoms. The van der Waals surface area contributed by atoms with Crippen molar-refractivity contribution in [3.63, 3.8) is 0 Å². The molecule has 0 bridgehead atoms. The van der Waals surface area contributed by atoms with Crippen molar-refractivity contribution in [3.05, 3.63) is 71.8 Å². The molecule has 0 aliphatic carbocycles. The zero-order valence-corrected chi connectivity index (χ0v) is 14.6. The first-order valence-electron chi connectivity index (χ1n) is 8.98. The number of amides is 1. The number of ether oxygens (including phenoxy) is 1. The zero-order valence-electron chi connectivity index (χ0n) is 14.6. The lowest BCUT2D eigenvalue weighted by Gasteiger charge is -2.22. The van der Waals surface area contributed by atoms with Crippen molar-refractivity contribution in [3.8, 4) is 0 Å². The minimum absolute atomic E-state index is 0.0577. The van der Waals surface area contributed by atoms with E-state index in [1.54, 1.807) is 0 Å². The van der Waals surface area contributed by atoms with Crippen LogP contribution in [0.25, 0.3) is 0 Å². The van der Waals surface area contributed by atoms with Gasteiger partial charge < -0.3 is 10.1 Å². The van der Waals surface area contributed by atoms with E-state index in [9.17, 15) is 4.79 Å². The van der Waals surface area contributed by atoms with Crippen molar-refractivity contribution in [2.24, 2.45) is 0 Å². The molecule has 0 spiro atoms. The Hall–Kier alpha value is -2.17. The largest absolute Gasteiger partial charge is 0.376 e. The summed E-state index contributed by atoms with van der Waals surface area (Å²) in [5.74, 6) is 0.0577. The molecule has 0 saturated carbocycles. The fourth-order valence-corrected chi connectivity index (χ4v) is 3.14. The van der Waals surface area contributed by atoms with Gasteiger partial charge in [0.25, 0.3) is 0 Å². The molecular formula is C21H26N2O2. The lowest BCUT2D eigenvalue weighted by molar-refractivity contribution is -0.123. The van der Waals surface area contributed by atoms with E-state index in [4.69, 9.17) is 4.74 Å². The number of benzene rings is 2. The van der Waals surface area contributed by atoms with Crippen LogP contribution in [0.15, 0.2) is 60.7 Å². The van der Waals surface area contributed by atoms with Gasteiger partial charge in [0, 0.05) is 26.2 Å². The molecule has 0 aromatic heterocycles. The smallest absolute Gasteiger partial charge is 0.234 e. The summed E-state index contributed by atoms with van der Waals surface area (Å²) in [5.41, 5.74) is 2.43. The third-order valence-electron chi connectivity index (χ3n) is 4.42. The average molecular weight is 338 g/mol. The molecule has 1 atom stereocenters. The van der Waals surface area contributed by atoms with E-state index in [0.717, 1.165) is 32.5 Å². The van der Waals surface area contributed by atoms with E-state index >= 15 is 0 Å². The van der Waals surface area contributed by atoms with Crippen molar-refractivity contribution >= 4 is 5.91 Å². The Bertz CT molecular complexity index is 598. The highest BCUT2D eigenvalue weighted by molar-refractivity contribution is 5.78. The van der Waals surface area contributed by atoms with Crippen LogP contribution in [0, 0.1) is 0 Å². The second-order valence-corrected chi connectivity index (χ2v) is 6.56. The first-order valence-corrected chi connectivity index (χ1v) is 8.98. The molecule has 1 N–H and O–H groups in total. The van der Waals surface area contributed by atoms with Crippen LogP contribution in [-0.4, -0.2) is 36.6 Å². The summed E-state index contributed by atoms with van der Waals surface area (Å²) < 4.78 is 5.57. The lowest BCUT2D eigenvalue weighted by Crippen LogP contribution is -2.39. The fraction of sp³-hybridized carbons (Fsp3) is 0.381. The normalized spacial score (nSPS) is 16.9. The van der Waals surface area contributed by atoms with E-state index < -0.39 is 0 Å². The van der Waals surface area contributed by atoms with Gasteiger partial charge in [0.1, 0.15) is 0 Å². The van der Waals surface area contributed by atoms with Gasteiger partial charge >= 0.3 is 0 Å².